The van der Waals surface area contributed by atoms with Gasteiger partial charge in [-0.25, -0.2) is 4.79 Å². The Bertz CT molecular complexity index is 1030. The van der Waals surface area contributed by atoms with Gasteiger partial charge in [-0.2, -0.15) is 4.90 Å². The number of carboxylic acid groups (broad SMARTS) is 1. The number of ether oxygens (including phenoxy) is 2. The van der Waals surface area contributed by atoms with Crippen LogP contribution in [0, 0.1) is 10.8 Å². The first-order valence-electron chi connectivity index (χ1n) is 12.3. The fourth-order valence-electron chi connectivity index (χ4n) is 5.37. The van der Waals surface area contributed by atoms with Crippen molar-refractivity contribution >= 4 is 29.5 Å². The van der Waals surface area contributed by atoms with E-state index in [4.69, 9.17) is 14.6 Å². The van der Waals surface area contributed by atoms with Crippen molar-refractivity contribution in [3.8, 4) is 5.75 Å². The van der Waals surface area contributed by atoms with Gasteiger partial charge in [0.2, 0.25) is 17.7 Å². The number of amides is 4. The average molecular weight is 521 g/mol. The lowest BCUT2D eigenvalue weighted by Crippen LogP contribution is -2.61. The zero-order valence-electron chi connectivity index (χ0n) is 21.7. The Kier molecular flexibility index (Phi) is 8.31. The number of carbonyl (C=O) groups is 4. The topological polar surface area (TPSA) is 154 Å². The van der Waals surface area contributed by atoms with Crippen LogP contribution in [0.15, 0.2) is 24.3 Å². The van der Waals surface area contributed by atoms with Crippen molar-refractivity contribution in [1.82, 2.24) is 4.90 Å². The number of hydrogen-bond acceptors (Lipinski definition) is 8. The summed E-state index contributed by atoms with van der Waals surface area (Å²) < 4.78 is 11.1. The Hall–Kier alpha value is -3.02. The predicted molar refractivity (Wildman–Crippen MR) is 132 cm³/mol. The van der Waals surface area contributed by atoms with Gasteiger partial charge in [-0.3, -0.25) is 14.4 Å². The molecule has 11 heteroatoms. The molecule has 3 atom stereocenters. The Morgan fingerprint density at radius 2 is 1.73 bits per heavy atom. The molecule has 3 N–H and O–H groups in total. The Labute approximate surface area is 215 Å². The minimum atomic E-state index is -1.63. The van der Waals surface area contributed by atoms with Gasteiger partial charge in [-0.15, -0.1) is 0 Å². The van der Waals surface area contributed by atoms with Crippen LogP contribution in [-0.2, 0) is 19.1 Å². The van der Waals surface area contributed by atoms with Crippen molar-refractivity contribution in [3.05, 3.63) is 24.3 Å². The summed E-state index contributed by atoms with van der Waals surface area (Å²) in [6, 6.07) is 6.11. The van der Waals surface area contributed by atoms with E-state index in [0.29, 0.717) is 11.4 Å². The molecule has 0 aromatic heterocycles. The maximum absolute atomic E-state index is 13.4. The summed E-state index contributed by atoms with van der Waals surface area (Å²) in [6.07, 6.45) is -1.63. The number of aliphatic hydroxyl groups excluding tert-OH is 1. The molecule has 1 spiro atoms. The largest absolute Gasteiger partial charge is 0.491 e. The maximum atomic E-state index is 13.4. The highest BCUT2D eigenvalue weighted by Crippen LogP contribution is 2.53. The molecule has 0 radical (unpaired) electrons. The van der Waals surface area contributed by atoms with Gasteiger partial charge in [0.05, 0.1) is 30.3 Å². The molecule has 3 unspecified atom stereocenters. The molecule has 37 heavy (non-hydrogen) atoms. The maximum Gasteiger partial charge on any atom is 0.421 e. The monoisotopic (exact) mass is 520 g/mol. The Morgan fingerprint density at radius 1 is 1.08 bits per heavy atom. The molecular formula is C26H36N2O9. The number of benzene rings is 1. The minimum absolute atomic E-state index is 0.0620. The number of piperidine rings is 1. The van der Waals surface area contributed by atoms with Crippen LogP contribution in [0.1, 0.15) is 53.4 Å². The summed E-state index contributed by atoms with van der Waals surface area (Å²) >= 11 is 0. The van der Waals surface area contributed by atoms with Crippen molar-refractivity contribution in [2.24, 2.45) is 10.8 Å². The van der Waals surface area contributed by atoms with Crippen molar-refractivity contribution in [3.63, 3.8) is 0 Å². The Morgan fingerprint density at radius 3 is 2.30 bits per heavy atom. The van der Waals surface area contributed by atoms with Crippen LogP contribution in [0.2, 0.25) is 0 Å². The van der Waals surface area contributed by atoms with Gasteiger partial charge in [-0.05, 0) is 43.0 Å². The van der Waals surface area contributed by atoms with Crippen molar-refractivity contribution in [2.45, 2.75) is 65.0 Å². The lowest BCUT2D eigenvalue weighted by atomic mass is 9.64. The number of carbonyl (C=O) groups excluding carboxylic acids is 3. The number of imide groups is 3. The number of anilines is 1. The standard InChI is InChI=1S/C26H36N2O9/c1-24(2,3)21-26(10-9-19(30)28(22(26)32)23(33)34)15-20(31)27(21)17-5-7-18(8-6-17)37-14-13-36-16-25(4,35)11-12-29/h5-8,21,29,35H,9-16H2,1-4H3,(H,33,34). The van der Waals surface area contributed by atoms with Crippen LogP contribution >= 0.6 is 0 Å². The van der Waals surface area contributed by atoms with E-state index < -0.39 is 40.4 Å². The number of likely N-dealkylation sites (tertiary alicyclic amines) is 1. The zero-order chi connectivity index (χ0) is 27.6. The first-order valence-corrected chi connectivity index (χ1v) is 12.3. The van der Waals surface area contributed by atoms with Gasteiger partial charge < -0.3 is 29.7 Å². The lowest BCUT2D eigenvalue weighted by molar-refractivity contribution is -0.156. The van der Waals surface area contributed by atoms with Gasteiger partial charge in [-0.1, -0.05) is 20.8 Å². The number of rotatable bonds is 9. The average Bonchev–Trinajstić information content (AvgIpc) is 3.10. The third kappa shape index (κ3) is 5.94. The molecule has 0 saturated carbocycles. The van der Waals surface area contributed by atoms with Crippen molar-refractivity contribution in [1.29, 1.82) is 0 Å². The molecule has 1 aromatic rings. The van der Waals surface area contributed by atoms with Gasteiger partial charge in [0.1, 0.15) is 12.4 Å². The van der Waals surface area contributed by atoms with Crippen LogP contribution in [0.5, 0.6) is 5.75 Å². The molecule has 11 nitrogen and oxygen atoms in total. The van der Waals surface area contributed by atoms with Gasteiger partial charge in [0.15, 0.2) is 0 Å². The minimum Gasteiger partial charge on any atom is -0.491 e. The highest BCUT2D eigenvalue weighted by atomic mass is 16.5. The smallest absolute Gasteiger partial charge is 0.421 e. The van der Waals surface area contributed by atoms with E-state index in [1.54, 1.807) is 36.1 Å². The van der Waals surface area contributed by atoms with E-state index in [2.05, 4.69) is 0 Å². The summed E-state index contributed by atoms with van der Waals surface area (Å²) in [5, 5.41) is 28.4. The van der Waals surface area contributed by atoms with Gasteiger partial charge in [0, 0.05) is 31.6 Å². The highest BCUT2D eigenvalue weighted by Gasteiger charge is 2.64. The number of nitrogens with zero attached hydrogens (tertiary/aromatic N) is 2. The van der Waals surface area contributed by atoms with Gasteiger partial charge >= 0.3 is 6.09 Å². The molecule has 0 aliphatic carbocycles. The SMILES string of the molecule is CC(O)(CCO)COCCOc1ccc(N2C(=O)CC3(CCC(=O)N(C(=O)O)C3=O)C2C(C)(C)C)cc1. The summed E-state index contributed by atoms with van der Waals surface area (Å²) in [6.45, 7) is 7.60. The molecule has 3 rings (SSSR count). The summed E-state index contributed by atoms with van der Waals surface area (Å²) in [7, 11) is 0. The molecule has 2 heterocycles. The van der Waals surface area contributed by atoms with Crippen LogP contribution in [0.3, 0.4) is 0 Å². The van der Waals surface area contributed by atoms with E-state index in [0.717, 1.165) is 0 Å². The highest BCUT2D eigenvalue weighted by molar-refractivity contribution is 6.15. The number of hydrogen-bond donors (Lipinski definition) is 3. The fourth-order valence-corrected chi connectivity index (χ4v) is 5.37. The van der Waals surface area contributed by atoms with E-state index in [1.165, 1.54) is 0 Å². The molecule has 4 amide bonds. The van der Waals surface area contributed by atoms with E-state index in [9.17, 15) is 29.4 Å². The molecular weight excluding hydrogens is 484 g/mol. The van der Waals surface area contributed by atoms with E-state index >= 15 is 0 Å². The van der Waals surface area contributed by atoms with Crippen LogP contribution in [0.25, 0.3) is 0 Å². The molecule has 2 aliphatic rings. The molecule has 204 valence electrons. The third-order valence-electron chi connectivity index (χ3n) is 6.87. The zero-order valence-corrected chi connectivity index (χ0v) is 21.7. The Balaban J connectivity index is 1.75. The number of aliphatic hydroxyl groups is 2. The molecule has 2 fully saturated rings. The first-order chi connectivity index (χ1) is 17.2. The second kappa shape index (κ2) is 10.8. The summed E-state index contributed by atoms with van der Waals surface area (Å²) in [5.41, 5.74) is -2.51. The van der Waals surface area contributed by atoms with E-state index in [1.807, 2.05) is 20.8 Å². The normalized spacial score (nSPS) is 24.1. The molecule has 2 saturated heterocycles. The van der Waals surface area contributed by atoms with Gasteiger partial charge in [0.25, 0.3) is 0 Å². The van der Waals surface area contributed by atoms with Crippen LogP contribution in [0.4, 0.5) is 10.5 Å². The quantitative estimate of drug-likeness (QED) is 0.328. The van der Waals surface area contributed by atoms with Crippen molar-refractivity contribution < 1.29 is 44.0 Å². The summed E-state index contributed by atoms with van der Waals surface area (Å²) in [5.74, 6) is -1.40. The second-order valence-corrected chi connectivity index (χ2v) is 11.0. The summed E-state index contributed by atoms with van der Waals surface area (Å²) in [4.78, 5) is 52.4. The van der Waals surface area contributed by atoms with Crippen LogP contribution < -0.4 is 9.64 Å². The van der Waals surface area contributed by atoms with Crippen molar-refractivity contribution in [2.75, 3.05) is 31.3 Å². The second-order valence-electron chi connectivity index (χ2n) is 11.0. The van der Waals surface area contributed by atoms with Crippen LogP contribution in [-0.4, -0.2) is 82.1 Å². The van der Waals surface area contributed by atoms with E-state index in [-0.39, 0.29) is 62.9 Å². The molecule has 1 aromatic carbocycles. The molecule has 0 bridgehead atoms. The first kappa shape index (κ1) is 28.5. The fraction of sp³-hybridized carbons (Fsp3) is 0.615. The lowest BCUT2D eigenvalue weighted by Gasteiger charge is -2.46. The third-order valence-corrected chi connectivity index (χ3v) is 6.87. The predicted octanol–water partition coefficient (Wildman–Crippen LogP) is 2.18. The molecule has 2 aliphatic heterocycles.